The molecule has 98 valence electrons. The molecule has 2 saturated carbocycles. The first-order valence-corrected chi connectivity index (χ1v) is 6.74. The molecule has 2 N–H and O–H groups in total. The van der Waals surface area contributed by atoms with Crippen molar-refractivity contribution in [3.05, 3.63) is 0 Å². The highest BCUT2D eigenvalue weighted by Crippen LogP contribution is 2.47. The van der Waals surface area contributed by atoms with Gasteiger partial charge in [0, 0.05) is 12.6 Å². The van der Waals surface area contributed by atoms with Gasteiger partial charge in [0.2, 0.25) is 0 Å². The van der Waals surface area contributed by atoms with Crippen LogP contribution in [-0.4, -0.2) is 31.8 Å². The van der Waals surface area contributed by atoms with Crippen LogP contribution >= 0.6 is 0 Å². The Labute approximate surface area is 103 Å². The van der Waals surface area contributed by atoms with E-state index in [1.807, 2.05) is 0 Å². The van der Waals surface area contributed by atoms with Crippen LogP contribution in [0.1, 0.15) is 32.6 Å². The Morgan fingerprint density at radius 3 is 2.65 bits per heavy atom. The van der Waals surface area contributed by atoms with Crippen molar-refractivity contribution in [2.24, 2.45) is 23.5 Å². The Kier molecular flexibility index (Phi) is 4.40. The number of esters is 1. The van der Waals surface area contributed by atoms with Gasteiger partial charge in [-0.15, -0.1) is 0 Å². The second-order valence-electron chi connectivity index (χ2n) is 5.22. The van der Waals surface area contributed by atoms with Crippen molar-refractivity contribution in [3.8, 4) is 0 Å². The Hall–Kier alpha value is -0.610. The summed E-state index contributed by atoms with van der Waals surface area (Å²) in [6.45, 7) is 3.64. The van der Waals surface area contributed by atoms with Crippen LogP contribution in [0.25, 0.3) is 0 Å². The number of carbonyl (C=O) groups excluding carboxylic acids is 1. The number of hydrogen-bond donors (Lipinski definition) is 1. The molecule has 4 heteroatoms. The summed E-state index contributed by atoms with van der Waals surface area (Å²) in [6.07, 6.45) is 4.44. The standard InChI is InChI=1S/C13H23NO3/c1-2-5-16-6-7-17-13(15)11-9-3-4-10(8-9)12(11)14/h9-12H,2-8,14H2,1H3. The van der Waals surface area contributed by atoms with Gasteiger partial charge >= 0.3 is 5.97 Å². The summed E-state index contributed by atoms with van der Waals surface area (Å²) in [5.74, 6) is 0.859. The highest BCUT2D eigenvalue weighted by atomic mass is 16.6. The third kappa shape index (κ3) is 2.80. The third-order valence-corrected chi connectivity index (χ3v) is 4.07. The van der Waals surface area contributed by atoms with Gasteiger partial charge in [-0.25, -0.2) is 0 Å². The van der Waals surface area contributed by atoms with Crippen molar-refractivity contribution in [2.75, 3.05) is 19.8 Å². The summed E-state index contributed by atoms with van der Waals surface area (Å²) in [7, 11) is 0. The van der Waals surface area contributed by atoms with E-state index in [4.69, 9.17) is 15.2 Å². The summed E-state index contributed by atoms with van der Waals surface area (Å²) in [5.41, 5.74) is 6.08. The smallest absolute Gasteiger partial charge is 0.310 e. The maximum absolute atomic E-state index is 11.9. The van der Waals surface area contributed by atoms with Gasteiger partial charge in [-0.05, 0) is 37.5 Å². The van der Waals surface area contributed by atoms with E-state index in [9.17, 15) is 4.79 Å². The molecule has 4 atom stereocenters. The van der Waals surface area contributed by atoms with E-state index in [1.54, 1.807) is 0 Å². The normalized spacial score (nSPS) is 35.2. The van der Waals surface area contributed by atoms with Gasteiger partial charge in [0.1, 0.15) is 6.61 Å². The number of hydrogen-bond acceptors (Lipinski definition) is 4. The Morgan fingerprint density at radius 2 is 2.00 bits per heavy atom. The second-order valence-corrected chi connectivity index (χ2v) is 5.22. The zero-order chi connectivity index (χ0) is 12.3. The minimum atomic E-state index is -0.107. The van der Waals surface area contributed by atoms with Crippen LogP contribution in [0.3, 0.4) is 0 Å². The molecule has 0 spiro atoms. The van der Waals surface area contributed by atoms with Gasteiger partial charge < -0.3 is 15.2 Å². The van der Waals surface area contributed by atoms with Crippen molar-refractivity contribution in [1.82, 2.24) is 0 Å². The molecule has 0 aliphatic heterocycles. The minimum Gasteiger partial charge on any atom is -0.463 e. The van der Waals surface area contributed by atoms with Crippen LogP contribution in [0.2, 0.25) is 0 Å². The third-order valence-electron chi connectivity index (χ3n) is 4.07. The van der Waals surface area contributed by atoms with Gasteiger partial charge in [0.25, 0.3) is 0 Å². The van der Waals surface area contributed by atoms with Gasteiger partial charge in [0.15, 0.2) is 0 Å². The van der Waals surface area contributed by atoms with Crippen LogP contribution in [0.4, 0.5) is 0 Å². The number of carbonyl (C=O) groups is 1. The number of ether oxygens (including phenoxy) is 2. The molecule has 2 rings (SSSR count). The molecule has 4 nitrogen and oxygen atoms in total. The molecule has 2 aliphatic rings. The molecule has 0 radical (unpaired) electrons. The summed E-state index contributed by atoms with van der Waals surface area (Å²) < 4.78 is 10.5. The topological polar surface area (TPSA) is 61.5 Å². The molecule has 2 fully saturated rings. The van der Waals surface area contributed by atoms with Crippen molar-refractivity contribution >= 4 is 5.97 Å². The summed E-state index contributed by atoms with van der Waals surface area (Å²) in [4.78, 5) is 11.9. The van der Waals surface area contributed by atoms with Crippen LogP contribution < -0.4 is 5.73 Å². The predicted molar refractivity (Wildman–Crippen MR) is 64.4 cm³/mol. The highest BCUT2D eigenvalue weighted by molar-refractivity contribution is 5.74. The summed E-state index contributed by atoms with van der Waals surface area (Å²) in [5, 5.41) is 0. The highest BCUT2D eigenvalue weighted by Gasteiger charge is 2.49. The molecule has 0 amide bonds. The average Bonchev–Trinajstić information content (AvgIpc) is 2.89. The van der Waals surface area contributed by atoms with E-state index in [2.05, 4.69) is 6.92 Å². The lowest BCUT2D eigenvalue weighted by Crippen LogP contribution is -2.41. The van der Waals surface area contributed by atoms with E-state index < -0.39 is 0 Å². The van der Waals surface area contributed by atoms with Gasteiger partial charge in [0.05, 0.1) is 12.5 Å². The van der Waals surface area contributed by atoms with Gasteiger partial charge in [-0.2, -0.15) is 0 Å². The average molecular weight is 241 g/mol. The fourth-order valence-electron chi connectivity index (χ4n) is 3.23. The van der Waals surface area contributed by atoms with Crippen molar-refractivity contribution in [1.29, 1.82) is 0 Å². The van der Waals surface area contributed by atoms with Crippen LogP contribution in [-0.2, 0) is 14.3 Å². The SMILES string of the molecule is CCCOCCOC(=O)C1C2CCC(C2)C1N. The van der Waals surface area contributed by atoms with Crippen LogP contribution in [0.5, 0.6) is 0 Å². The van der Waals surface area contributed by atoms with E-state index in [0.29, 0.717) is 25.0 Å². The van der Waals surface area contributed by atoms with Crippen molar-refractivity contribution in [3.63, 3.8) is 0 Å². The second kappa shape index (κ2) is 5.83. The Balaban J connectivity index is 1.69. The molecule has 2 bridgehead atoms. The maximum Gasteiger partial charge on any atom is 0.310 e. The first-order chi connectivity index (χ1) is 8.24. The van der Waals surface area contributed by atoms with E-state index in [0.717, 1.165) is 25.9 Å². The van der Waals surface area contributed by atoms with Crippen molar-refractivity contribution in [2.45, 2.75) is 38.6 Å². The lowest BCUT2D eigenvalue weighted by Gasteiger charge is -2.26. The fourth-order valence-corrected chi connectivity index (χ4v) is 3.23. The quantitative estimate of drug-likeness (QED) is 0.563. The minimum absolute atomic E-state index is 0.0258. The zero-order valence-electron chi connectivity index (χ0n) is 10.6. The molecule has 0 aromatic carbocycles. The Bertz CT molecular complexity index is 267. The molecule has 2 aliphatic carbocycles. The Morgan fingerprint density at radius 1 is 1.24 bits per heavy atom. The zero-order valence-corrected chi connectivity index (χ0v) is 10.6. The first-order valence-electron chi connectivity index (χ1n) is 6.74. The maximum atomic E-state index is 11.9. The lowest BCUT2D eigenvalue weighted by molar-refractivity contribution is -0.152. The van der Waals surface area contributed by atoms with E-state index >= 15 is 0 Å². The first kappa shape index (κ1) is 12.8. The predicted octanol–water partition coefficient (Wildman–Crippen LogP) is 1.33. The van der Waals surface area contributed by atoms with E-state index in [-0.39, 0.29) is 17.9 Å². The molecule has 4 unspecified atom stereocenters. The molecular formula is C13H23NO3. The number of fused-ring (bicyclic) bond motifs is 2. The van der Waals surface area contributed by atoms with Crippen LogP contribution in [0.15, 0.2) is 0 Å². The molecular weight excluding hydrogens is 218 g/mol. The molecule has 0 saturated heterocycles. The monoisotopic (exact) mass is 241 g/mol. The summed E-state index contributed by atoms with van der Waals surface area (Å²) >= 11 is 0. The fraction of sp³-hybridized carbons (Fsp3) is 0.923. The number of nitrogens with two attached hydrogens (primary N) is 1. The molecule has 0 aromatic rings. The summed E-state index contributed by atoms with van der Waals surface area (Å²) in [6, 6.07) is 0.0258. The largest absolute Gasteiger partial charge is 0.463 e. The lowest BCUT2D eigenvalue weighted by atomic mass is 9.85. The molecule has 17 heavy (non-hydrogen) atoms. The van der Waals surface area contributed by atoms with E-state index in [1.165, 1.54) is 6.42 Å². The molecule has 0 aromatic heterocycles. The van der Waals surface area contributed by atoms with Gasteiger partial charge in [-0.1, -0.05) is 6.92 Å². The molecule has 0 heterocycles. The van der Waals surface area contributed by atoms with Gasteiger partial charge in [-0.3, -0.25) is 4.79 Å². The van der Waals surface area contributed by atoms with Crippen molar-refractivity contribution < 1.29 is 14.3 Å². The van der Waals surface area contributed by atoms with Crippen LogP contribution in [0, 0.1) is 17.8 Å². The number of rotatable bonds is 6.